The molecule has 0 spiro atoms. The van der Waals surface area contributed by atoms with E-state index in [4.69, 9.17) is 0 Å². The third-order valence-electron chi connectivity index (χ3n) is 4.83. The molecular weight excluding hydrogens is 309 g/mol. The van der Waals surface area contributed by atoms with Gasteiger partial charge in [-0.3, -0.25) is 9.69 Å². The first-order valence-corrected chi connectivity index (χ1v) is 9.05. The van der Waals surface area contributed by atoms with Crippen molar-refractivity contribution in [3.8, 4) is 0 Å². The van der Waals surface area contributed by atoms with E-state index in [0.717, 1.165) is 32.4 Å². The van der Waals surface area contributed by atoms with Crippen LogP contribution in [0.2, 0.25) is 0 Å². The van der Waals surface area contributed by atoms with Crippen LogP contribution in [0.5, 0.6) is 0 Å². The lowest BCUT2D eigenvalue weighted by Gasteiger charge is -2.34. The number of hydrogen-bond donors (Lipinski definition) is 0. The average Bonchev–Trinajstić information content (AvgIpc) is 3.31. The lowest BCUT2D eigenvalue weighted by atomic mass is 9.95. The lowest BCUT2D eigenvalue weighted by Crippen LogP contribution is -2.38. The molecule has 0 N–H and O–H groups in total. The normalized spacial score (nSPS) is 19.4. The first-order valence-electron chi connectivity index (χ1n) is 8.24. The first-order chi connectivity index (χ1) is 11.1. The van der Waals surface area contributed by atoms with Gasteiger partial charge in [-0.05, 0) is 43.9 Å². The maximum Gasteiger partial charge on any atom is 0.157 e. The molecule has 23 heavy (non-hydrogen) atoms. The Morgan fingerprint density at radius 1 is 1.35 bits per heavy atom. The second-order valence-corrected chi connectivity index (χ2v) is 7.97. The fourth-order valence-electron chi connectivity index (χ4n) is 3.54. The number of hydrogen-bond acceptors (Lipinski definition) is 3. The molecule has 0 radical (unpaired) electrons. The molecule has 1 aromatic heterocycles. The number of rotatable bonds is 4. The summed E-state index contributed by atoms with van der Waals surface area (Å²) >= 11 is 1.84. The van der Waals surface area contributed by atoms with Crippen molar-refractivity contribution >= 4 is 17.1 Å². The van der Waals surface area contributed by atoms with E-state index in [1.165, 1.54) is 21.4 Å². The van der Waals surface area contributed by atoms with Crippen LogP contribution >= 0.6 is 11.3 Å². The molecule has 1 atom stereocenters. The van der Waals surface area contributed by atoms with Gasteiger partial charge in [0.15, 0.2) is 5.78 Å². The van der Waals surface area contributed by atoms with Crippen molar-refractivity contribution in [1.29, 1.82) is 0 Å². The quantitative estimate of drug-likeness (QED) is 0.835. The Morgan fingerprint density at radius 2 is 2.13 bits per heavy atom. The predicted molar refractivity (Wildman–Crippen MR) is 90.0 cm³/mol. The molecule has 1 unspecified atom stereocenters. The van der Waals surface area contributed by atoms with Crippen LogP contribution in [0.3, 0.4) is 0 Å². The van der Waals surface area contributed by atoms with Gasteiger partial charge in [-0.25, -0.2) is 4.39 Å². The van der Waals surface area contributed by atoms with Crippen LogP contribution in [0.25, 0.3) is 0 Å². The van der Waals surface area contributed by atoms with Crippen LogP contribution in [0.1, 0.15) is 39.8 Å². The minimum atomic E-state index is -0.433. The van der Waals surface area contributed by atoms with E-state index in [0.29, 0.717) is 5.56 Å². The van der Waals surface area contributed by atoms with E-state index in [9.17, 15) is 9.18 Å². The van der Waals surface area contributed by atoms with Gasteiger partial charge in [-0.2, -0.15) is 0 Å². The van der Waals surface area contributed by atoms with Crippen LogP contribution in [-0.2, 0) is 17.8 Å². The molecule has 1 aromatic carbocycles. The fraction of sp³-hybridized carbons (Fsp3) is 0.421. The van der Waals surface area contributed by atoms with Crippen LogP contribution in [0.15, 0.2) is 30.3 Å². The van der Waals surface area contributed by atoms with E-state index in [1.54, 1.807) is 12.1 Å². The third-order valence-corrected chi connectivity index (χ3v) is 5.99. The summed E-state index contributed by atoms with van der Waals surface area (Å²) in [5.74, 6) is 0.0644. The third kappa shape index (κ3) is 2.86. The number of carbonyl (C=O) groups excluding carboxylic acids is 1. The van der Waals surface area contributed by atoms with Gasteiger partial charge in [0, 0.05) is 34.3 Å². The number of halogens is 1. The molecule has 2 aromatic rings. The molecule has 2 nitrogen and oxygen atoms in total. The summed E-state index contributed by atoms with van der Waals surface area (Å²) in [5.41, 5.74) is 1.85. The molecule has 1 fully saturated rings. The van der Waals surface area contributed by atoms with Gasteiger partial charge in [0.25, 0.3) is 0 Å². The van der Waals surface area contributed by atoms with Crippen LogP contribution in [0, 0.1) is 18.7 Å². The summed E-state index contributed by atoms with van der Waals surface area (Å²) in [5, 5.41) is 0. The molecule has 120 valence electrons. The molecule has 1 aliphatic heterocycles. The summed E-state index contributed by atoms with van der Waals surface area (Å²) < 4.78 is 14.4. The molecule has 0 saturated heterocycles. The molecule has 2 aliphatic rings. The van der Waals surface area contributed by atoms with Crippen molar-refractivity contribution in [3.63, 3.8) is 0 Å². The summed E-state index contributed by atoms with van der Waals surface area (Å²) in [6.07, 6.45) is 2.87. The van der Waals surface area contributed by atoms with Crippen LogP contribution < -0.4 is 0 Å². The second kappa shape index (κ2) is 5.84. The van der Waals surface area contributed by atoms with E-state index in [-0.39, 0.29) is 17.5 Å². The van der Waals surface area contributed by atoms with Crippen molar-refractivity contribution in [3.05, 3.63) is 57.0 Å². The minimum Gasteiger partial charge on any atom is -0.297 e. The van der Waals surface area contributed by atoms with Gasteiger partial charge in [0.2, 0.25) is 0 Å². The summed E-state index contributed by atoms with van der Waals surface area (Å²) in [6.45, 7) is 3.69. The number of Topliss-reactive ketones (excluding diaryl/α,β-unsaturated/α-hetero) is 1. The van der Waals surface area contributed by atoms with Gasteiger partial charge in [-0.15, -0.1) is 11.3 Å². The van der Waals surface area contributed by atoms with Gasteiger partial charge < -0.3 is 0 Å². The van der Waals surface area contributed by atoms with Gasteiger partial charge in [-0.1, -0.05) is 18.2 Å². The van der Waals surface area contributed by atoms with E-state index in [1.807, 2.05) is 17.4 Å². The van der Waals surface area contributed by atoms with Gasteiger partial charge in [0.1, 0.15) is 5.82 Å². The highest BCUT2D eigenvalue weighted by atomic mass is 32.1. The maximum absolute atomic E-state index is 14.4. The zero-order chi connectivity index (χ0) is 16.0. The largest absolute Gasteiger partial charge is 0.297 e. The van der Waals surface area contributed by atoms with E-state index >= 15 is 0 Å². The van der Waals surface area contributed by atoms with Crippen molar-refractivity contribution in [2.45, 2.75) is 38.8 Å². The van der Waals surface area contributed by atoms with Crippen molar-refractivity contribution < 1.29 is 9.18 Å². The summed E-state index contributed by atoms with van der Waals surface area (Å²) in [6, 6.07) is 8.54. The van der Waals surface area contributed by atoms with E-state index in [2.05, 4.69) is 17.9 Å². The Kier molecular flexibility index (Phi) is 3.82. The van der Waals surface area contributed by atoms with E-state index < -0.39 is 6.04 Å². The number of ketones is 1. The van der Waals surface area contributed by atoms with Crippen molar-refractivity contribution in [1.82, 2.24) is 4.90 Å². The zero-order valence-corrected chi connectivity index (χ0v) is 14.0. The topological polar surface area (TPSA) is 20.3 Å². The molecular formula is C19H20FNOS. The van der Waals surface area contributed by atoms with Gasteiger partial charge >= 0.3 is 0 Å². The fourth-order valence-corrected chi connectivity index (χ4v) is 4.58. The Morgan fingerprint density at radius 3 is 2.87 bits per heavy atom. The number of nitrogens with zero attached hydrogens (tertiary/aromatic N) is 1. The lowest BCUT2D eigenvalue weighted by molar-refractivity contribution is -0.126. The van der Waals surface area contributed by atoms with Crippen LogP contribution in [-0.4, -0.2) is 17.2 Å². The van der Waals surface area contributed by atoms with Gasteiger partial charge in [0.05, 0.1) is 6.04 Å². The molecule has 0 bridgehead atoms. The molecule has 4 heteroatoms. The second-order valence-electron chi connectivity index (χ2n) is 6.63. The highest BCUT2D eigenvalue weighted by molar-refractivity contribution is 7.12. The highest BCUT2D eigenvalue weighted by Gasteiger charge is 2.40. The number of aryl methyl sites for hydroxylation is 1. The predicted octanol–water partition coefficient (Wildman–Crippen LogP) is 4.27. The molecule has 1 aliphatic carbocycles. The number of carbonyl (C=O) groups is 1. The number of thiophene rings is 1. The highest BCUT2D eigenvalue weighted by Crippen LogP contribution is 2.40. The Hall–Kier alpha value is -1.52. The number of benzene rings is 1. The number of fused-ring (bicyclic) bond motifs is 1. The SMILES string of the molecule is Cc1cc2c(s1)CCN(C(C(=O)C1CC1)c1ccccc1F)C2. The average molecular weight is 329 g/mol. The summed E-state index contributed by atoms with van der Waals surface area (Å²) in [7, 11) is 0. The Labute approximate surface area is 139 Å². The Balaban J connectivity index is 1.68. The summed E-state index contributed by atoms with van der Waals surface area (Å²) in [4.78, 5) is 17.8. The van der Waals surface area contributed by atoms with Crippen molar-refractivity contribution in [2.75, 3.05) is 6.54 Å². The standard InChI is InChI=1S/C19H20FNOS/c1-12-10-14-11-21(9-8-17(14)23-12)18(19(22)13-6-7-13)15-4-2-3-5-16(15)20/h2-5,10,13,18H,6-9,11H2,1H3. The molecule has 2 heterocycles. The van der Waals surface area contributed by atoms with Crippen molar-refractivity contribution in [2.24, 2.45) is 5.92 Å². The minimum absolute atomic E-state index is 0.130. The monoisotopic (exact) mass is 329 g/mol. The Bertz CT molecular complexity index is 750. The molecule has 1 saturated carbocycles. The first kappa shape index (κ1) is 15.0. The molecule has 4 rings (SSSR count). The van der Waals surface area contributed by atoms with Crippen LogP contribution in [0.4, 0.5) is 4.39 Å². The zero-order valence-electron chi connectivity index (χ0n) is 13.2. The molecule has 0 amide bonds. The smallest absolute Gasteiger partial charge is 0.157 e. The maximum atomic E-state index is 14.4.